The number of rotatable bonds is 3. The Morgan fingerprint density at radius 2 is 1.85 bits per heavy atom. The molecule has 20 heavy (non-hydrogen) atoms. The van der Waals surface area contributed by atoms with Crippen LogP contribution in [0.25, 0.3) is 0 Å². The molecule has 0 aromatic heterocycles. The van der Waals surface area contributed by atoms with Gasteiger partial charge in [-0.25, -0.2) is 4.39 Å². The number of amides is 1. The molecule has 1 atom stereocenters. The SMILES string of the molecule is Cc1ccc(F)c(C(=O)Nc2ccc(C(C)O)cc2)c1. The molecular weight excluding hydrogens is 257 g/mol. The second-order valence-corrected chi connectivity index (χ2v) is 4.74. The Morgan fingerprint density at radius 3 is 2.45 bits per heavy atom. The van der Waals surface area contributed by atoms with Gasteiger partial charge in [0.1, 0.15) is 5.82 Å². The number of hydrogen-bond acceptors (Lipinski definition) is 2. The molecule has 2 aromatic carbocycles. The number of nitrogens with one attached hydrogen (secondary N) is 1. The molecule has 0 radical (unpaired) electrons. The summed E-state index contributed by atoms with van der Waals surface area (Å²) in [5.41, 5.74) is 2.15. The van der Waals surface area contributed by atoms with Crippen molar-refractivity contribution in [1.82, 2.24) is 0 Å². The van der Waals surface area contributed by atoms with E-state index in [0.29, 0.717) is 5.69 Å². The fourth-order valence-electron chi connectivity index (χ4n) is 1.86. The predicted octanol–water partition coefficient (Wildman–Crippen LogP) is 3.44. The highest BCUT2D eigenvalue weighted by molar-refractivity contribution is 6.04. The number of aliphatic hydroxyl groups excluding tert-OH is 1. The average Bonchev–Trinajstić information content (AvgIpc) is 2.42. The van der Waals surface area contributed by atoms with E-state index in [2.05, 4.69) is 5.32 Å². The van der Waals surface area contributed by atoms with Gasteiger partial charge in [-0.15, -0.1) is 0 Å². The van der Waals surface area contributed by atoms with Crippen LogP contribution in [0, 0.1) is 12.7 Å². The number of aryl methyl sites for hydroxylation is 1. The Hall–Kier alpha value is -2.20. The largest absolute Gasteiger partial charge is 0.389 e. The minimum atomic E-state index is -0.561. The van der Waals surface area contributed by atoms with Crippen LogP contribution in [0.5, 0.6) is 0 Å². The fourth-order valence-corrected chi connectivity index (χ4v) is 1.86. The minimum absolute atomic E-state index is 0.0182. The van der Waals surface area contributed by atoms with Gasteiger partial charge in [0.25, 0.3) is 5.91 Å². The van der Waals surface area contributed by atoms with E-state index < -0.39 is 17.8 Å². The van der Waals surface area contributed by atoms with Gasteiger partial charge in [0.05, 0.1) is 11.7 Å². The highest BCUT2D eigenvalue weighted by atomic mass is 19.1. The second kappa shape index (κ2) is 5.84. The molecule has 0 saturated carbocycles. The van der Waals surface area contributed by atoms with Crippen LogP contribution in [-0.4, -0.2) is 11.0 Å². The Labute approximate surface area is 117 Å². The molecule has 4 heteroatoms. The van der Waals surface area contributed by atoms with Crippen molar-refractivity contribution in [2.24, 2.45) is 0 Å². The summed E-state index contributed by atoms with van der Waals surface area (Å²) in [6, 6.07) is 11.2. The van der Waals surface area contributed by atoms with E-state index in [1.165, 1.54) is 12.1 Å². The molecular formula is C16H16FNO2. The highest BCUT2D eigenvalue weighted by Gasteiger charge is 2.12. The molecule has 2 aromatic rings. The van der Waals surface area contributed by atoms with Crippen LogP contribution in [0.3, 0.4) is 0 Å². The summed E-state index contributed by atoms with van der Waals surface area (Å²) in [6.07, 6.45) is -0.561. The maximum absolute atomic E-state index is 13.6. The lowest BCUT2D eigenvalue weighted by Gasteiger charge is -2.09. The van der Waals surface area contributed by atoms with Crippen molar-refractivity contribution < 1.29 is 14.3 Å². The average molecular weight is 273 g/mol. The Bertz CT molecular complexity index is 621. The zero-order valence-electron chi connectivity index (χ0n) is 11.4. The van der Waals surface area contributed by atoms with Gasteiger partial charge >= 0.3 is 0 Å². The van der Waals surface area contributed by atoms with Gasteiger partial charge in [-0.3, -0.25) is 4.79 Å². The van der Waals surface area contributed by atoms with Gasteiger partial charge in [-0.1, -0.05) is 23.8 Å². The van der Waals surface area contributed by atoms with Gasteiger partial charge in [0.15, 0.2) is 0 Å². The first kappa shape index (κ1) is 14.2. The minimum Gasteiger partial charge on any atom is -0.389 e. The van der Waals surface area contributed by atoms with Crippen LogP contribution in [0.4, 0.5) is 10.1 Å². The summed E-state index contributed by atoms with van der Waals surface area (Å²) < 4.78 is 13.6. The smallest absolute Gasteiger partial charge is 0.258 e. The molecule has 1 unspecified atom stereocenters. The van der Waals surface area contributed by atoms with Crippen molar-refractivity contribution in [3.63, 3.8) is 0 Å². The first-order valence-electron chi connectivity index (χ1n) is 6.33. The Kier molecular flexibility index (Phi) is 4.15. The van der Waals surface area contributed by atoms with Gasteiger partial charge in [-0.05, 0) is 43.7 Å². The van der Waals surface area contributed by atoms with Crippen LogP contribution in [0.15, 0.2) is 42.5 Å². The number of halogens is 1. The Balaban J connectivity index is 2.17. The van der Waals surface area contributed by atoms with E-state index in [4.69, 9.17) is 0 Å². The quantitative estimate of drug-likeness (QED) is 0.900. The Morgan fingerprint density at radius 1 is 1.20 bits per heavy atom. The molecule has 0 bridgehead atoms. The molecule has 3 nitrogen and oxygen atoms in total. The summed E-state index contributed by atoms with van der Waals surface area (Å²) in [7, 11) is 0. The third kappa shape index (κ3) is 3.22. The second-order valence-electron chi connectivity index (χ2n) is 4.74. The number of carbonyl (C=O) groups is 1. The topological polar surface area (TPSA) is 49.3 Å². The van der Waals surface area contributed by atoms with Crippen LogP contribution in [0.2, 0.25) is 0 Å². The van der Waals surface area contributed by atoms with Crippen LogP contribution < -0.4 is 5.32 Å². The van der Waals surface area contributed by atoms with Crippen molar-refractivity contribution in [1.29, 1.82) is 0 Å². The summed E-state index contributed by atoms with van der Waals surface area (Å²) in [6.45, 7) is 3.46. The first-order chi connectivity index (χ1) is 9.47. The van der Waals surface area contributed by atoms with E-state index in [0.717, 1.165) is 11.1 Å². The summed E-state index contributed by atoms with van der Waals surface area (Å²) in [5, 5.41) is 12.0. The van der Waals surface area contributed by atoms with E-state index in [9.17, 15) is 14.3 Å². The molecule has 1 amide bonds. The molecule has 0 aliphatic carbocycles. The van der Waals surface area contributed by atoms with Gasteiger partial charge < -0.3 is 10.4 Å². The van der Waals surface area contributed by atoms with Crippen LogP contribution >= 0.6 is 0 Å². The molecule has 2 N–H and O–H groups in total. The van der Waals surface area contributed by atoms with E-state index in [1.807, 2.05) is 0 Å². The predicted molar refractivity (Wildman–Crippen MR) is 76.2 cm³/mol. The molecule has 0 fully saturated rings. The lowest BCUT2D eigenvalue weighted by molar-refractivity contribution is 0.102. The molecule has 2 rings (SSSR count). The number of benzene rings is 2. The van der Waals surface area contributed by atoms with E-state index in [-0.39, 0.29) is 5.56 Å². The third-order valence-corrected chi connectivity index (χ3v) is 3.02. The normalized spacial score (nSPS) is 12.0. The van der Waals surface area contributed by atoms with Crippen molar-refractivity contribution in [3.05, 3.63) is 65.0 Å². The van der Waals surface area contributed by atoms with Crippen molar-refractivity contribution in [2.45, 2.75) is 20.0 Å². The first-order valence-corrected chi connectivity index (χ1v) is 6.33. The maximum atomic E-state index is 13.6. The fraction of sp³-hybridized carbons (Fsp3) is 0.188. The lowest BCUT2D eigenvalue weighted by Crippen LogP contribution is -2.14. The van der Waals surface area contributed by atoms with Gasteiger partial charge in [-0.2, -0.15) is 0 Å². The molecule has 0 spiro atoms. The molecule has 0 aliphatic rings. The molecule has 104 valence electrons. The van der Waals surface area contributed by atoms with Crippen LogP contribution in [-0.2, 0) is 0 Å². The van der Waals surface area contributed by atoms with Gasteiger partial charge in [0, 0.05) is 5.69 Å². The monoisotopic (exact) mass is 273 g/mol. The zero-order valence-corrected chi connectivity index (χ0v) is 11.4. The van der Waals surface area contributed by atoms with Crippen LogP contribution in [0.1, 0.15) is 34.5 Å². The summed E-state index contributed by atoms with van der Waals surface area (Å²) in [5.74, 6) is -1.04. The summed E-state index contributed by atoms with van der Waals surface area (Å²) in [4.78, 5) is 12.0. The highest BCUT2D eigenvalue weighted by Crippen LogP contribution is 2.17. The van der Waals surface area contributed by atoms with Crippen molar-refractivity contribution in [3.8, 4) is 0 Å². The van der Waals surface area contributed by atoms with Gasteiger partial charge in [0.2, 0.25) is 0 Å². The van der Waals surface area contributed by atoms with E-state index in [1.54, 1.807) is 44.2 Å². The van der Waals surface area contributed by atoms with E-state index >= 15 is 0 Å². The standard InChI is InChI=1S/C16H16FNO2/c1-10-3-8-15(17)14(9-10)16(20)18-13-6-4-12(5-7-13)11(2)19/h3-9,11,19H,1-2H3,(H,18,20). The lowest BCUT2D eigenvalue weighted by atomic mass is 10.1. The maximum Gasteiger partial charge on any atom is 0.258 e. The number of anilines is 1. The zero-order chi connectivity index (χ0) is 14.7. The molecule has 0 heterocycles. The molecule has 0 saturated heterocycles. The van der Waals surface area contributed by atoms with Crippen molar-refractivity contribution in [2.75, 3.05) is 5.32 Å². The third-order valence-electron chi connectivity index (χ3n) is 3.02. The number of hydrogen-bond donors (Lipinski definition) is 2. The summed E-state index contributed by atoms with van der Waals surface area (Å²) >= 11 is 0. The van der Waals surface area contributed by atoms with Crippen molar-refractivity contribution >= 4 is 11.6 Å². The number of carbonyl (C=O) groups excluding carboxylic acids is 1. The number of aliphatic hydroxyl groups is 1. The molecule has 0 aliphatic heterocycles.